The lowest BCUT2D eigenvalue weighted by molar-refractivity contribution is -0.134. The number of rotatable bonds is 3. The Morgan fingerprint density at radius 1 is 1.23 bits per heavy atom. The number of hydrogen-bond donors (Lipinski definition) is 1. The highest BCUT2D eigenvalue weighted by Crippen LogP contribution is 2.66. The summed E-state index contributed by atoms with van der Waals surface area (Å²) < 4.78 is 1.65. The number of fused-ring (bicyclic) bond motifs is 5. The van der Waals surface area contributed by atoms with Gasteiger partial charge in [-0.3, -0.25) is 9.48 Å². The Kier molecular flexibility index (Phi) is 5.09. The fraction of sp³-hybridized carbons (Fsp3) is 0.808. The normalized spacial score (nSPS) is 46.5. The monoisotopic (exact) mass is 423 g/mol. The summed E-state index contributed by atoms with van der Waals surface area (Å²) >= 11 is 0. The minimum atomic E-state index is -0.464. The van der Waals surface area contributed by atoms with Crippen molar-refractivity contribution in [3.05, 3.63) is 18.0 Å². The summed E-state index contributed by atoms with van der Waals surface area (Å²) in [4.78, 5) is 13.5. The molecule has 0 bridgehead atoms. The van der Waals surface area contributed by atoms with E-state index in [2.05, 4.69) is 25.0 Å². The molecule has 168 valence electrons. The van der Waals surface area contributed by atoms with Crippen LogP contribution in [0.5, 0.6) is 0 Å². The van der Waals surface area contributed by atoms with E-state index in [0.717, 1.165) is 37.0 Å². The molecule has 0 saturated heterocycles. The molecule has 1 heterocycles. The molecule has 4 aliphatic rings. The van der Waals surface area contributed by atoms with Crippen LogP contribution in [0.2, 0.25) is 0 Å². The van der Waals surface area contributed by atoms with Gasteiger partial charge >= 0.3 is 0 Å². The molecule has 0 aliphatic heterocycles. The van der Waals surface area contributed by atoms with Crippen molar-refractivity contribution in [2.45, 2.75) is 84.3 Å². The van der Waals surface area contributed by atoms with Gasteiger partial charge in [0.15, 0.2) is 5.78 Å². The molecule has 5 rings (SSSR count). The Morgan fingerprint density at radius 2 is 2.00 bits per heavy atom. The number of carbonyl (C=O) groups excluding carboxylic acids is 1. The molecule has 4 fully saturated rings. The van der Waals surface area contributed by atoms with E-state index in [9.17, 15) is 9.90 Å². The van der Waals surface area contributed by atoms with Gasteiger partial charge in [-0.2, -0.15) is 10.4 Å². The van der Waals surface area contributed by atoms with E-state index >= 15 is 0 Å². The Balaban J connectivity index is 1.34. The second-order valence-electron chi connectivity index (χ2n) is 11.9. The average molecular weight is 424 g/mol. The zero-order valence-corrected chi connectivity index (χ0v) is 19.3. The SMILES string of the molecule is C[C@@H]1C[C@H]2[C@@H]3CC[C@H]4C[C@](C)(O)CC[C@@H]4[C@H]3CC[C@]2(C)C1C(=O)Cn1cc(C#N)cn1. The summed E-state index contributed by atoms with van der Waals surface area (Å²) in [5, 5.41) is 23.9. The molecule has 0 amide bonds. The summed E-state index contributed by atoms with van der Waals surface area (Å²) in [5.74, 6) is 4.46. The van der Waals surface area contributed by atoms with E-state index in [-0.39, 0.29) is 17.9 Å². The number of nitrogens with zero attached hydrogens (tertiary/aromatic N) is 3. The first-order valence-corrected chi connectivity index (χ1v) is 12.4. The number of hydrogen-bond acceptors (Lipinski definition) is 4. The zero-order valence-electron chi connectivity index (χ0n) is 19.3. The van der Waals surface area contributed by atoms with Gasteiger partial charge in [0.05, 0.1) is 23.9 Å². The number of aliphatic hydroxyl groups is 1. The van der Waals surface area contributed by atoms with Gasteiger partial charge in [0.25, 0.3) is 0 Å². The predicted molar refractivity (Wildman–Crippen MR) is 118 cm³/mol. The minimum absolute atomic E-state index is 0.0931. The third-order valence-corrected chi connectivity index (χ3v) is 10.0. The second-order valence-corrected chi connectivity index (χ2v) is 11.9. The summed E-state index contributed by atoms with van der Waals surface area (Å²) in [7, 11) is 0. The second kappa shape index (κ2) is 7.44. The van der Waals surface area contributed by atoms with Gasteiger partial charge in [-0.05, 0) is 99.2 Å². The molecule has 5 heteroatoms. The number of nitriles is 1. The van der Waals surface area contributed by atoms with Crippen LogP contribution in [0.15, 0.2) is 12.4 Å². The first-order chi connectivity index (χ1) is 14.7. The van der Waals surface area contributed by atoms with Crippen LogP contribution in [-0.2, 0) is 11.3 Å². The standard InChI is InChI=1S/C26H37N3O2/c1-16-10-22-21-5-4-18-11-25(2,31)8-6-19(18)20(21)7-9-26(22,3)24(16)23(30)15-29-14-17(12-27)13-28-29/h13-14,16,18-22,24,31H,4-11,15H2,1-3H3/t16-,18+,19+,20-,21-,22+,24?,25-,26+/m1/s1. The van der Waals surface area contributed by atoms with Crippen molar-refractivity contribution in [2.75, 3.05) is 0 Å². The summed E-state index contributed by atoms with van der Waals surface area (Å²) in [6.45, 7) is 7.00. The van der Waals surface area contributed by atoms with Crippen LogP contribution in [0.1, 0.15) is 77.7 Å². The van der Waals surface area contributed by atoms with Crippen molar-refractivity contribution in [2.24, 2.45) is 46.8 Å². The molecule has 0 radical (unpaired) electrons. The fourth-order valence-electron chi connectivity index (χ4n) is 8.90. The molecule has 4 aliphatic carbocycles. The first kappa shape index (κ1) is 21.2. The molecule has 0 spiro atoms. The van der Waals surface area contributed by atoms with Crippen LogP contribution in [0.3, 0.4) is 0 Å². The highest BCUT2D eigenvalue weighted by molar-refractivity contribution is 5.82. The summed E-state index contributed by atoms with van der Waals surface area (Å²) in [5.41, 5.74) is 0.143. The number of carbonyl (C=O) groups is 1. The lowest BCUT2D eigenvalue weighted by atomic mass is 9.49. The maximum absolute atomic E-state index is 13.5. The van der Waals surface area contributed by atoms with E-state index < -0.39 is 5.60 Å². The van der Waals surface area contributed by atoms with E-state index in [0.29, 0.717) is 29.1 Å². The van der Waals surface area contributed by atoms with Gasteiger partial charge in [-0.15, -0.1) is 0 Å². The molecular formula is C26H37N3O2. The Morgan fingerprint density at radius 3 is 2.74 bits per heavy atom. The quantitative estimate of drug-likeness (QED) is 0.771. The third-order valence-electron chi connectivity index (χ3n) is 10.0. The Bertz CT molecular complexity index is 899. The van der Waals surface area contributed by atoms with E-state index in [1.54, 1.807) is 17.1 Å². The molecule has 9 atom stereocenters. The number of ketones is 1. The molecule has 4 saturated carbocycles. The maximum Gasteiger partial charge on any atom is 0.158 e. The molecule has 1 N–H and O–H groups in total. The fourth-order valence-corrected chi connectivity index (χ4v) is 8.90. The summed E-state index contributed by atoms with van der Waals surface area (Å²) in [6.07, 6.45) is 12.5. The van der Waals surface area contributed by atoms with Crippen molar-refractivity contribution in [1.29, 1.82) is 5.26 Å². The molecule has 0 aromatic carbocycles. The topological polar surface area (TPSA) is 78.9 Å². The Labute approximate surface area is 186 Å². The molecule has 5 nitrogen and oxygen atoms in total. The molecule has 1 aromatic heterocycles. The maximum atomic E-state index is 13.5. The van der Waals surface area contributed by atoms with Crippen LogP contribution >= 0.6 is 0 Å². The van der Waals surface area contributed by atoms with Gasteiger partial charge in [-0.25, -0.2) is 0 Å². The van der Waals surface area contributed by atoms with Crippen molar-refractivity contribution < 1.29 is 9.90 Å². The van der Waals surface area contributed by atoms with E-state index in [1.165, 1.54) is 32.1 Å². The third kappa shape index (κ3) is 3.46. The highest BCUT2D eigenvalue weighted by Gasteiger charge is 2.60. The van der Waals surface area contributed by atoms with Crippen LogP contribution < -0.4 is 0 Å². The largest absolute Gasteiger partial charge is 0.390 e. The molecule has 31 heavy (non-hydrogen) atoms. The van der Waals surface area contributed by atoms with Gasteiger partial charge in [-0.1, -0.05) is 13.8 Å². The van der Waals surface area contributed by atoms with Crippen molar-refractivity contribution in [1.82, 2.24) is 9.78 Å². The van der Waals surface area contributed by atoms with Crippen molar-refractivity contribution in [3.63, 3.8) is 0 Å². The van der Waals surface area contributed by atoms with E-state index in [1.807, 2.05) is 6.92 Å². The van der Waals surface area contributed by atoms with Crippen LogP contribution in [-0.4, -0.2) is 26.3 Å². The smallest absolute Gasteiger partial charge is 0.158 e. The average Bonchev–Trinajstić information content (AvgIpc) is 3.27. The summed E-state index contributed by atoms with van der Waals surface area (Å²) in [6, 6.07) is 2.10. The van der Waals surface area contributed by atoms with Crippen molar-refractivity contribution in [3.8, 4) is 6.07 Å². The highest BCUT2D eigenvalue weighted by atomic mass is 16.3. The van der Waals surface area contributed by atoms with Crippen molar-refractivity contribution >= 4 is 5.78 Å². The molecule has 1 unspecified atom stereocenters. The zero-order chi connectivity index (χ0) is 22.0. The van der Waals surface area contributed by atoms with Gasteiger partial charge in [0.2, 0.25) is 0 Å². The lowest BCUT2D eigenvalue weighted by Gasteiger charge is -2.56. The van der Waals surface area contributed by atoms with Gasteiger partial charge < -0.3 is 5.11 Å². The Hall–Kier alpha value is -1.67. The predicted octanol–water partition coefficient (Wildman–Crippen LogP) is 4.59. The van der Waals surface area contributed by atoms with Gasteiger partial charge in [0, 0.05) is 12.1 Å². The molecule has 1 aromatic rings. The van der Waals surface area contributed by atoms with Crippen LogP contribution in [0, 0.1) is 58.2 Å². The van der Waals surface area contributed by atoms with Gasteiger partial charge in [0.1, 0.15) is 6.07 Å². The number of Topliss-reactive ketones (excluding diaryl/α,β-unsaturated/α-hetero) is 1. The van der Waals surface area contributed by atoms with Crippen LogP contribution in [0.4, 0.5) is 0 Å². The molecular weight excluding hydrogens is 386 g/mol. The first-order valence-electron chi connectivity index (χ1n) is 12.4. The van der Waals surface area contributed by atoms with Crippen LogP contribution in [0.25, 0.3) is 0 Å². The lowest BCUT2D eigenvalue weighted by Crippen LogP contribution is -2.51. The van der Waals surface area contributed by atoms with E-state index in [4.69, 9.17) is 5.26 Å². The minimum Gasteiger partial charge on any atom is -0.390 e. The number of aromatic nitrogens is 2.